The third-order valence-corrected chi connectivity index (χ3v) is 1.63. The Morgan fingerprint density at radius 1 is 1.45 bits per heavy atom. The summed E-state index contributed by atoms with van der Waals surface area (Å²) < 4.78 is 5.11. The average molecular weight is 148 g/mol. The number of fused-ring (bicyclic) bond motifs is 1. The molecule has 0 unspecified atom stereocenters. The van der Waals surface area contributed by atoms with Crippen molar-refractivity contribution in [1.82, 2.24) is 4.98 Å². The Balaban J connectivity index is 2.79. The molecule has 11 heavy (non-hydrogen) atoms. The van der Waals surface area contributed by atoms with Gasteiger partial charge in [0.2, 0.25) is 0 Å². The maximum absolute atomic E-state index is 5.11. The minimum absolute atomic E-state index is 0.817. The van der Waals surface area contributed by atoms with Gasteiger partial charge in [-0.05, 0) is 12.1 Å². The van der Waals surface area contributed by atoms with Gasteiger partial charge in [-0.3, -0.25) is 0 Å². The van der Waals surface area contributed by atoms with Crippen molar-refractivity contribution < 1.29 is 4.42 Å². The number of hydrogen-bond donors (Lipinski definition) is 1. The first-order valence-corrected chi connectivity index (χ1v) is 3.42. The second-order valence-electron chi connectivity index (χ2n) is 2.25. The Labute approximate surface area is 64.0 Å². The normalized spacial score (nSPS) is 10.3. The minimum Gasteiger partial charge on any atom is -0.443 e. The fourth-order valence-electron chi connectivity index (χ4n) is 1.09. The lowest BCUT2D eigenvalue weighted by Gasteiger charge is -1.97. The van der Waals surface area contributed by atoms with E-state index in [4.69, 9.17) is 4.42 Å². The number of aromatic nitrogens is 1. The number of para-hydroxylation sites is 1. The first kappa shape index (κ1) is 6.22. The molecule has 1 heterocycles. The van der Waals surface area contributed by atoms with Crippen LogP contribution in [0.15, 0.2) is 29.0 Å². The Morgan fingerprint density at radius 3 is 3.18 bits per heavy atom. The molecule has 1 aromatic carbocycles. The van der Waals surface area contributed by atoms with Crippen molar-refractivity contribution >= 4 is 16.8 Å². The third-order valence-electron chi connectivity index (χ3n) is 1.63. The van der Waals surface area contributed by atoms with Crippen LogP contribution in [0.1, 0.15) is 0 Å². The van der Waals surface area contributed by atoms with Gasteiger partial charge in [-0.25, -0.2) is 4.98 Å². The number of anilines is 1. The van der Waals surface area contributed by atoms with Crippen molar-refractivity contribution in [2.75, 3.05) is 12.4 Å². The van der Waals surface area contributed by atoms with Crippen molar-refractivity contribution in [1.29, 1.82) is 0 Å². The zero-order valence-corrected chi connectivity index (χ0v) is 6.16. The predicted octanol–water partition coefficient (Wildman–Crippen LogP) is 1.87. The lowest BCUT2D eigenvalue weighted by Crippen LogP contribution is -1.87. The Kier molecular flexibility index (Phi) is 1.28. The second kappa shape index (κ2) is 2.27. The largest absolute Gasteiger partial charge is 0.443 e. The average Bonchev–Trinajstić information content (AvgIpc) is 2.50. The molecule has 0 aliphatic carbocycles. The van der Waals surface area contributed by atoms with Gasteiger partial charge in [0.15, 0.2) is 12.0 Å². The summed E-state index contributed by atoms with van der Waals surface area (Å²) in [6, 6.07) is 5.79. The van der Waals surface area contributed by atoms with Gasteiger partial charge in [-0.1, -0.05) is 6.07 Å². The van der Waals surface area contributed by atoms with E-state index in [-0.39, 0.29) is 0 Å². The predicted molar refractivity (Wildman–Crippen MR) is 43.6 cm³/mol. The molecule has 0 saturated carbocycles. The molecule has 0 aliphatic rings. The van der Waals surface area contributed by atoms with Crippen molar-refractivity contribution in [2.45, 2.75) is 0 Å². The third kappa shape index (κ3) is 0.852. The molecule has 0 saturated heterocycles. The molecule has 56 valence electrons. The Bertz CT molecular complexity index is 367. The molecule has 0 amide bonds. The van der Waals surface area contributed by atoms with Crippen LogP contribution >= 0.6 is 0 Å². The van der Waals surface area contributed by atoms with E-state index >= 15 is 0 Å². The highest BCUT2D eigenvalue weighted by Gasteiger charge is 2.00. The Hall–Kier alpha value is -1.51. The summed E-state index contributed by atoms with van der Waals surface area (Å²) in [4.78, 5) is 4.06. The minimum atomic E-state index is 0.817. The van der Waals surface area contributed by atoms with Crippen LogP contribution in [-0.2, 0) is 0 Å². The van der Waals surface area contributed by atoms with Crippen LogP contribution in [0.25, 0.3) is 11.1 Å². The van der Waals surface area contributed by atoms with Crippen molar-refractivity contribution in [3.05, 3.63) is 24.6 Å². The van der Waals surface area contributed by atoms with Crippen molar-refractivity contribution in [3.8, 4) is 0 Å². The van der Waals surface area contributed by atoms with E-state index in [1.165, 1.54) is 6.39 Å². The SMILES string of the molecule is CNc1cccc2ocnc12. The van der Waals surface area contributed by atoms with E-state index < -0.39 is 0 Å². The summed E-state index contributed by atoms with van der Waals surface area (Å²) >= 11 is 0. The van der Waals surface area contributed by atoms with Gasteiger partial charge in [0.1, 0.15) is 5.52 Å². The molecule has 0 bridgehead atoms. The zero-order valence-electron chi connectivity index (χ0n) is 6.16. The van der Waals surface area contributed by atoms with E-state index in [1.807, 2.05) is 25.2 Å². The number of rotatable bonds is 1. The monoisotopic (exact) mass is 148 g/mol. The molecule has 1 aromatic heterocycles. The number of hydrogen-bond acceptors (Lipinski definition) is 3. The quantitative estimate of drug-likeness (QED) is 0.670. The highest BCUT2D eigenvalue weighted by Crippen LogP contribution is 2.20. The summed E-state index contributed by atoms with van der Waals surface area (Å²) in [5.41, 5.74) is 2.70. The van der Waals surface area contributed by atoms with Crippen LogP contribution in [0.5, 0.6) is 0 Å². The fourth-order valence-corrected chi connectivity index (χ4v) is 1.09. The van der Waals surface area contributed by atoms with E-state index in [0.29, 0.717) is 0 Å². The van der Waals surface area contributed by atoms with Crippen LogP contribution in [-0.4, -0.2) is 12.0 Å². The molecule has 0 fully saturated rings. The molecule has 3 nitrogen and oxygen atoms in total. The van der Waals surface area contributed by atoms with E-state index in [0.717, 1.165) is 16.8 Å². The lowest BCUT2D eigenvalue weighted by molar-refractivity contribution is 0.602. The van der Waals surface area contributed by atoms with Crippen LogP contribution in [0.3, 0.4) is 0 Å². The van der Waals surface area contributed by atoms with E-state index in [2.05, 4.69) is 10.3 Å². The first-order valence-electron chi connectivity index (χ1n) is 3.42. The zero-order chi connectivity index (χ0) is 7.68. The van der Waals surface area contributed by atoms with Gasteiger partial charge in [0.05, 0.1) is 5.69 Å². The number of nitrogens with one attached hydrogen (secondary N) is 1. The van der Waals surface area contributed by atoms with Gasteiger partial charge in [-0.15, -0.1) is 0 Å². The molecular formula is C8H8N2O. The van der Waals surface area contributed by atoms with Gasteiger partial charge in [0, 0.05) is 7.05 Å². The molecule has 0 radical (unpaired) electrons. The molecule has 0 aliphatic heterocycles. The molecule has 2 rings (SSSR count). The first-order chi connectivity index (χ1) is 5.42. The molecule has 3 heteroatoms. The highest BCUT2D eigenvalue weighted by molar-refractivity contribution is 5.86. The standard InChI is InChI=1S/C8H8N2O/c1-9-6-3-2-4-7-8(6)10-5-11-7/h2-5,9H,1H3. The highest BCUT2D eigenvalue weighted by atomic mass is 16.3. The fraction of sp³-hybridized carbons (Fsp3) is 0.125. The number of benzene rings is 1. The number of oxazole rings is 1. The van der Waals surface area contributed by atoms with Gasteiger partial charge < -0.3 is 9.73 Å². The molecule has 1 N–H and O–H groups in total. The molecule has 2 aromatic rings. The molecular weight excluding hydrogens is 140 g/mol. The van der Waals surface area contributed by atoms with Gasteiger partial charge in [0.25, 0.3) is 0 Å². The summed E-state index contributed by atoms with van der Waals surface area (Å²) in [6.45, 7) is 0. The summed E-state index contributed by atoms with van der Waals surface area (Å²) in [6.07, 6.45) is 1.45. The molecule has 0 spiro atoms. The van der Waals surface area contributed by atoms with Crippen LogP contribution in [0, 0.1) is 0 Å². The van der Waals surface area contributed by atoms with Crippen molar-refractivity contribution in [3.63, 3.8) is 0 Å². The maximum atomic E-state index is 5.11. The number of nitrogens with zero attached hydrogens (tertiary/aromatic N) is 1. The van der Waals surface area contributed by atoms with Crippen LogP contribution in [0.4, 0.5) is 5.69 Å². The van der Waals surface area contributed by atoms with Crippen molar-refractivity contribution in [2.24, 2.45) is 0 Å². The summed E-state index contributed by atoms with van der Waals surface area (Å²) in [7, 11) is 1.86. The Morgan fingerprint density at radius 2 is 2.36 bits per heavy atom. The summed E-state index contributed by atoms with van der Waals surface area (Å²) in [5.74, 6) is 0. The maximum Gasteiger partial charge on any atom is 0.182 e. The molecule has 0 atom stereocenters. The topological polar surface area (TPSA) is 38.1 Å². The summed E-state index contributed by atoms with van der Waals surface area (Å²) in [5, 5.41) is 3.03. The second-order valence-corrected chi connectivity index (χ2v) is 2.25. The smallest absolute Gasteiger partial charge is 0.182 e. The van der Waals surface area contributed by atoms with Gasteiger partial charge in [-0.2, -0.15) is 0 Å². The van der Waals surface area contributed by atoms with E-state index in [1.54, 1.807) is 0 Å². The lowest BCUT2D eigenvalue weighted by atomic mass is 10.3. The van der Waals surface area contributed by atoms with E-state index in [9.17, 15) is 0 Å². The van der Waals surface area contributed by atoms with Gasteiger partial charge >= 0.3 is 0 Å². The van der Waals surface area contributed by atoms with Crippen LogP contribution in [0.2, 0.25) is 0 Å². The van der Waals surface area contributed by atoms with Crippen LogP contribution < -0.4 is 5.32 Å².